The van der Waals surface area contributed by atoms with E-state index < -0.39 is 0 Å². The van der Waals surface area contributed by atoms with Crippen molar-refractivity contribution in [2.24, 2.45) is 0 Å². The maximum absolute atomic E-state index is 10.6. The molecular formula is C15H15IN2O2. The van der Waals surface area contributed by atoms with Crippen molar-refractivity contribution in [3.05, 3.63) is 73.3 Å². The van der Waals surface area contributed by atoms with Crippen LogP contribution in [0.5, 0.6) is 0 Å². The van der Waals surface area contributed by atoms with Crippen molar-refractivity contribution in [2.45, 2.75) is 12.5 Å². The van der Waals surface area contributed by atoms with Gasteiger partial charge in [0.1, 0.15) is 0 Å². The lowest BCUT2D eigenvalue weighted by molar-refractivity contribution is -0.384. The molecule has 0 aliphatic heterocycles. The van der Waals surface area contributed by atoms with E-state index in [1.54, 1.807) is 12.1 Å². The molecule has 0 aliphatic rings. The van der Waals surface area contributed by atoms with E-state index in [-0.39, 0.29) is 16.7 Å². The number of benzene rings is 2. The normalized spacial score (nSPS) is 12.1. The number of nitro benzene ring substituents is 1. The Labute approximate surface area is 131 Å². The first-order valence-corrected chi connectivity index (χ1v) is 7.34. The first-order chi connectivity index (χ1) is 9.60. The molecule has 2 rings (SSSR count). The van der Waals surface area contributed by atoms with Crippen molar-refractivity contribution in [1.29, 1.82) is 0 Å². The summed E-state index contributed by atoms with van der Waals surface area (Å²) in [6.45, 7) is 0. The minimum atomic E-state index is -0.376. The molecule has 0 bridgehead atoms. The number of nitrogens with one attached hydrogen (secondary N) is 1. The molecule has 0 aliphatic carbocycles. The van der Waals surface area contributed by atoms with Crippen LogP contribution in [0.2, 0.25) is 0 Å². The SMILES string of the molecule is CNC(Cc1ccc([N+](=O)[O-])cc1)c1cccc(I)c1. The average Bonchev–Trinajstić information content (AvgIpc) is 2.45. The Balaban J connectivity index is 2.16. The Hall–Kier alpha value is -1.47. The standard InChI is InChI=1S/C15H15IN2O2/c1-17-15(12-3-2-4-13(16)10-12)9-11-5-7-14(8-6-11)18(19)20/h2-8,10,15,17H,9H2,1H3. The Kier molecular flexibility index (Phi) is 5.08. The molecule has 0 radical (unpaired) electrons. The first-order valence-electron chi connectivity index (χ1n) is 6.26. The maximum Gasteiger partial charge on any atom is 0.269 e. The van der Waals surface area contributed by atoms with Crippen LogP contribution in [0.25, 0.3) is 0 Å². The lowest BCUT2D eigenvalue weighted by atomic mass is 9.99. The van der Waals surface area contributed by atoms with Crippen LogP contribution in [0.4, 0.5) is 5.69 Å². The van der Waals surface area contributed by atoms with E-state index in [2.05, 4.69) is 46.1 Å². The van der Waals surface area contributed by atoms with E-state index in [0.29, 0.717) is 0 Å². The second kappa shape index (κ2) is 6.81. The number of hydrogen-bond donors (Lipinski definition) is 1. The van der Waals surface area contributed by atoms with Gasteiger partial charge in [-0.25, -0.2) is 0 Å². The molecule has 0 spiro atoms. The highest BCUT2D eigenvalue weighted by Crippen LogP contribution is 2.21. The summed E-state index contributed by atoms with van der Waals surface area (Å²) in [6.07, 6.45) is 0.800. The molecule has 0 saturated heterocycles. The summed E-state index contributed by atoms with van der Waals surface area (Å²) in [6, 6.07) is 15.3. The highest BCUT2D eigenvalue weighted by Gasteiger charge is 2.11. The summed E-state index contributed by atoms with van der Waals surface area (Å²) in [5.41, 5.74) is 2.43. The van der Waals surface area contributed by atoms with E-state index in [1.165, 1.54) is 9.13 Å². The van der Waals surface area contributed by atoms with Gasteiger partial charge in [-0.05, 0) is 59.3 Å². The summed E-state index contributed by atoms with van der Waals surface area (Å²) in [5, 5.41) is 13.9. The highest BCUT2D eigenvalue weighted by atomic mass is 127. The Morgan fingerprint density at radius 1 is 1.25 bits per heavy atom. The molecule has 0 saturated carbocycles. The van der Waals surface area contributed by atoms with Crippen molar-refractivity contribution in [2.75, 3.05) is 7.05 Å². The number of likely N-dealkylation sites (N-methyl/N-ethyl adjacent to an activating group) is 1. The van der Waals surface area contributed by atoms with E-state index >= 15 is 0 Å². The highest BCUT2D eigenvalue weighted by molar-refractivity contribution is 14.1. The molecule has 2 aromatic rings. The zero-order chi connectivity index (χ0) is 14.5. The lowest BCUT2D eigenvalue weighted by Crippen LogP contribution is -2.18. The van der Waals surface area contributed by atoms with Gasteiger partial charge in [0, 0.05) is 21.7 Å². The quantitative estimate of drug-likeness (QED) is 0.488. The van der Waals surface area contributed by atoms with Crippen LogP contribution in [0, 0.1) is 13.7 Å². The molecule has 1 N–H and O–H groups in total. The third-order valence-corrected chi connectivity index (χ3v) is 3.86. The molecule has 104 valence electrons. The van der Waals surface area contributed by atoms with Crippen LogP contribution in [0.1, 0.15) is 17.2 Å². The second-order valence-electron chi connectivity index (χ2n) is 4.52. The van der Waals surface area contributed by atoms with Crippen LogP contribution in [-0.4, -0.2) is 12.0 Å². The molecule has 1 unspecified atom stereocenters. The van der Waals surface area contributed by atoms with E-state index in [0.717, 1.165) is 12.0 Å². The fourth-order valence-corrected chi connectivity index (χ4v) is 2.67. The fraction of sp³-hybridized carbons (Fsp3) is 0.200. The smallest absolute Gasteiger partial charge is 0.269 e. The van der Waals surface area contributed by atoms with Crippen LogP contribution < -0.4 is 5.32 Å². The molecule has 5 heteroatoms. The zero-order valence-electron chi connectivity index (χ0n) is 11.0. The van der Waals surface area contributed by atoms with Gasteiger partial charge in [0.05, 0.1) is 4.92 Å². The summed E-state index contributed by atoms with van der Waals surface area (Å²) < 4.78 is 1.20. The van der Waals surface area contributed by atoms with Gasteiger partial charge in [-0.1, -0.05) is 24.3 Å². The van der Waals surface area contributed by atoms with E-state index in [1.807, 2.05) is 25.2 Å². The summed E-state index contributed by atoms with van der Waals surface area (Å²) in [5.74, 6) is 0. The fourth-order valence-electron chi connectivity index (χ4n) is 2.10. The van der Waals surface area contributed by atoms with Gasteiger partial charge < -0.3 is 5.32 Å². The van der Waals surface area contributed by atoms with Gasteiger partial charge in [-0.2, -0.15) is 0 Å². The molecule has 20 heavy (non-hydrogen) atoms. The van der Waals surface area contributed by atoms with Gasteiger partial charge in [0.25, 0.3) is 5.69 Å². The molecule has 0 fully saturated rings. The number of non-ortho nitro benzene ring substituents is 1. The van der Waals surface area contributed by atoms with E-state index in [9.17, 15) is 10.1 Å². The number of hydrogen-bond acceptors (Lipinski definition) is 3. The predicted molar refractivity (Wildman–Crippen MR) is 87.8 cm³/mol. The van der Waals surface area contributed by atoms with Crippen molar-refractivity contribution in [3.63, 3.8) is 0 Å². The zero-order valence-corrected chi connectivity index (χ0v) is 13.2. The minimum Gasteiger partial charge on any atom is -0.313 e. The summed E-state index contributed by atoms with van der Waals surface area (Å²) in [7, 11) is 1.93. The average molecular weight is 382 g/mol. The molecule has 0 amide bonds. The number of rotatable bonds is 5. The maximum atomic E-state index is 10.6. The molecule has 0 heterocycles. The number of halogens is 1. The lowest BCUT2D eigenvalue weighted by Gasteiger charge is -2.17. The van der Waals surface area contributed by atoms with Crippen LogP contribution in [0.15, 0.2) is 48.5 Å². The Bertz CT molecular complexity index is 599. The van der Waals surface area contributed by atoms with Crippen molar-refractivity contribution >= 4 is 28.3 Å². The van der Waals surface area contributed by atoms with Crippen LogP contribution in [0.3, 0.4) is 0 Å². The van der Waals surface area contributed by atoms with Crippen LogP contribution >= 0.6 is 22.6 Å². The van der Waals surface area contributed by atoms with Crippen molar-refractivity contribution in [1.82, 2.24) is 5.32 Å². The predicted octanol–water partition coefficient (Wildman–Crippen LogP) is 3.70. The second-order valence-corrected chi connectivity index (χ2v) is 5.77. The number of nitro groups is 1. The Morgan fingerprint density at radius 2 is 1.95 bits per heavy atom. The molecular weight excluding hydrogens is 367 g/mol. The summed E-state index contributed by atoms with van der Waals surface area (Å²) in [4.78, 5) is 10.3. The van der Waals surface area contributed by atoms with E-state index in [4.69, 9.17) is 0 Å². The number of nitrogens with zero attached hydrogens (tertiary/aromatic N) is 1. The third-order valence-electron chi connectivity index (χ3n) is 3.19. The van der Waals surface area contributed by atoms with Gasteiger partial charge in [-0.3, -0.25) is 10.1 Å². The van der Waals surface area contributed by atoms with Crippen molar-refractivity contribution < 1.29 is 4.92 Å². The largest absolute Gasteiger partial charge is 0.313 e. The van der Waals surface area contributed by atoms with Gasteiger partial charge >= 0.3 is 0 Å². The van der Waals surface area contributed by atoms with Gasteiger partial charge in [0.15, 0.2) is 0 Å². The summed E-state index contributed by atoms with van der Waals surface area (Å²) >= 11 is 2.29. The Morgan fingerprint density at radius 3 is 2.50 bits per heavy atom. The third kappa shape index (κ3) is 3.77. The molecule has 1 atom stereocenters. The molecule has 0 aromatic heterocycles. The van der Waals surface area contributed by atoms with Crippen molar-refractivity contribution in [3.8, 4) is 0 Å². The van der Waals surface area contributed by atoms with Gasteiger partial charge in [0.2, 0.25) is 0 Å². The topological polar surface area (TPSA) is 55.2 Å². The van der Waals surface area contributed by atoms with Crippen LogP contribution in [-0.2, 0) is 6.42 Å². The first kappa shape index (κ1) is 14.9. The monoisotopic (exact) mass is 382 g/mol. The van der Waals surface area contributed by atoms with Gasteiger partial charge in [-0.15, -0.1) is 0 Å². The molecule has 2 aromatic carbocycles. The minimum absolute atomic E-state index is 0.129. The molecule has 4 nitrogen and oxygen atoms in total.